The lowest BCUT2D eigenvalue weighted by molar-refractivity contribution is 0.281. The number of sulfonamides is 1. The highest BCUT2D eigenvalue weighted by Crippen LogP contribution is 2.17. The number of aliphatic hydroxyl groups excluding tert-OH is 1. The van der Waals surface area contributed by atoms with Gasteiger partial charge in [0.15, 0.2) is 0 Å². The lowest BCUT2D eigenvalue weighted by Crippen LogP contribution is -2.33. The first-order chi connectivity index (χ1) is 9.41. The molecule has 0 bridgehead atoms. The molecule has 1 aromatic carbocycles. The van der Waals surface area contributed by atoms with Crippen molar-refractivity contribution in [3.8, 4) is 0 Å². The second kappa shape index (κ2) is 7.73. The van der Waals surface area contributed by atoms with Crippen molar-refractivity contribution in [2.24, 2.45) is 0 Å². The van der Waals surface area contributed by atoms with Gasteiger partial charge in [0.25, 0.3) is 0 Å². The first kappa shape index (κ1) is 17.1. The van der Waals surface area contributed by atoms with E-state index in [0.717, 1.165) is 13.0 Å². The maximum Gasteiger partial charge on any atom is 0.243 e. The van der Waals surface area contributed by atoms with Crippen molar-refractivity contribution in [1.29, 1.82) is 0 Å². The normalized spacial score (nSPS) is 12.3. The van der Waals surface area contributed by atoms with Crippen LogP contribution in [0.1, 0.15) is 18.9 Å². The highest BCUT2D eigenvalue weighted by atomic mass is 32.2. The molecule has 5 nitrogen and oxygen atoms in total. The van der Waals surface area contributed by atoms with Gasteiger partial charge >= 0.3 is 0 Å². The molecule has 6 heteroatoms. The molecule has 0 aliphatic rings. The minimum atomic E-state index is -3.48. The lowest BCUT2D eigenvalue weighted by atomic mass is 10.2. The van der Waals surface area contributed by atoms with E-state index in [-0.39, 0.29) is 11.5 Å². The van der Waals surface area contributed by atoms with Gasteiger partial charge in [-0.25, -0.2) is 8.42 Å². The van der Waals surface area contributed by atoms with Gasteiger partial charge in [-0.3, -0.25) is 0 Å². The molecule has 20 heavy (non-hydrogen) atoms. The van der Waals surface area contributed by atoms with Crippen LogP contribution in [0.2, 0.25) is 0 Å². The molecular weight excluding hydrogens is 276 g/mol. The monoisotopic (exact) mass is 300 g/mol. The Kier molecular flexibility index (Phi) is 6.61. The lowest BCUT2D eigenvalue weighted by Gasteiger charge is -2.21. The largest absolute Gasteiger partial charge is 0.392 e. The second-order valence-corrected chi connectivity index (χ2v) is 6.90. The minimum absolute atomic E-state index is 0.157. The number of benzene rings is 1. The van der Waals surface area contributed by atoms with E-state index < -0.39 is 10.0 Å². The summed E-state index contributed by atoms with van der Waals surface area (Å²) in [4.78, 5) is 2.28. The fourth-order valence-corrected chi connectivity index (χ4v) is 3.52. The molecule has 0 saturated carbocycles. The third kappa shape index (κ3) is 4.56. The van der Waals surface area contributed by atoms with Crippen LogP contribution in [-0.2, 0) is 16.6 Å². The number of aliphatic hydroxyl groups is 1. The standard InChI is InChI=1S/C14H24N2O3S/c1-4-16(10-6-9-15(2)3)20(18,19)14-8-5-7-13(11-14)12-17/h5,7-8,11,17H,4,6,9-10,12H2,1-3H3. The van der Waals surface area contributed by atoms with Gasteiger partial charge in [0.2, 0.25) is 10.0 Å². The fourth-order valence-electron chi connectivity index (χ4n) is 1.96. The highest BCUT2D eigenvalue weighted by molar-refractivity contribution is 7.89. The van der Waals surface area contributed by atoms with Crippen molar-refractivity contribution >= 4 is 10.0 Å². The molecule has 0 radical (unpaired) electrons. The molecule has 0 heterocycles. The number of rotatable bonds is 8. The molecule has 0 aliphatic heterocycles. The van der Waals surface area contributed by atoms with Gasteiger partial charge in [-0.2, -0.15) is 4.31 Å². The molecule has 1 N–H and O–H groups in total. The van der Waals surface area contributed by atoms with E-state index in [1.807, 2.05) is 25.9 Å². The molecule has 1 rings (SSSR count). The Hall–Kier alpha value is -0.950. The van der Waals surface area contributed by atoms with Crippen molar-refractivity contribution in [1.82, 2.24) is 9.21 Å². The van der Waals surface area contributed by atoms with Crippen molar-refractivity contribution < 1.29 is 13.5 Å². The van der Waals surface area contributed by atoms with Crippen LogP contribution in [0.3, 0.4) is 0 Å². The van der Waals surface area contributed by atoms with Crippen molar-refractivity contribution in [3.63, 3.8) is 0 Å². The summed E-state index contributed by atoms with van der Waals surface area (Å²) in [6, 6.07) is 6.47. The van der Waals surface area contributed by atoms with Gasteiger partial charge in [0.05, 0.1) is 11.5 Å². The van der Waals surface area contributed by atoms with E-state index in [4.69, 9.17) is 5.11 Å². The van der Waals surface area contributed by atoms with E-state index in [9.17, 15) is 8.42 Å². The van der Waals surface area contributed by atoms with E-state index in [0.29, 0.717) is 18.7 Å². The van der Waals surface area contributed by atoms with Crippen LogP contribution in [0.5, 0.6) is 0 Å². The maximum atomic E-state index is 12.5. The zero-order chi connectivity index (χ0) is 15.2. The van der Waals surface area contributed by atoms with Crippen molar-refractivity contribution in [2.45, 2.75) is 24.8 Å². The Balaban J connectivity index is 2.88. The summed E-state index contributed by atoms with van der Waals surface area (Å²) in [6.45, 7) is 3.47. The molecule has 0 unspecified atom stereocenters. The van der Waals surface area contributed by atoms with Gasteiger partial charge in [-0.15, -0.1) is 0 Å². The predicted octanol–water partition coefficient (Wildman–Crippen LogP) is 1.14. The number of hydrogen-bond acceptors (Lipinski definition) is 4. The third-order valence-electron chi connectivity index (χ3n) is 3.08. The summed E-state index contributed by atoms with van der Waals surface area (Å²) in [5.41, 5.74) is 0.607. The Labute approximate surface area is 121 Å². The summed E-state index contributed by atoms with van der Waals surface area (Å²) in [5, 5.41) is 9.11. The Bertz CT molecular complexity index is 515. The summed E-state index contributed by atoms with van der Waals surface area (Å²) in [6.07, 6.45) is 0.791. The molecule has 0 saturated heterocycles. The van der Waals surface area contributed by atoms with Gasteiger partial charge < -0.3 is 10.0 Å². The molecule has 114 valence electrons. The zero-order valence-electron chi connectivity index (χ0n) is 12.4. The molecular formula is C14H24N2O3S. The Morgan fingerprint density at radius 3 is 2.45 bits per heavy atom. The SMILES string of the molecule is CCN(CCCN(C)C)S(=O)(=O)c1cccc(CO)c1. The average molecular weight is 300 g/mol. The number of hydrogen-bond donors (Lipinski definition) is 1. The molecule has 0 atom stereocenters. The summed E-state index contributed by atoms with van der Waals surface area (Å²) in [7, 11) is 0.458. The van der Waals surface area contributed by atoms with Gasteiger partial charge in [0.1, 0.15) is 0 Å². The minimum Gasteiger partial charge on any atom is -0.392 e. The van der Waals surface area contributed by atoms with Crippen LogP contribution in [0.15, 0.2) is 29.2 Å². The van der Waals surface area contributed by atoms with Crippen LogP contribution in [0.4, 0.5) is 0 Å². The molecule has 0 spiro atoms. The van der Waals surface area contributed by atoms with E-state index in [1.165, 1.54) is 10.4 Å². The molecule has 0 aromatic heterocycles. The van der Waals surface area contributed by atoms with E-state index >= 15 is 0 Å². The fraction of sp³-hybridized carbons (Fsp3) is 0.571. The van der Waals surface area contributed by atoms with E-state index in [2.05, 4.69) is 0 Å². The van der Waals surface area contributed by atoms with Crippen LogP contribution in [0.25, 0.3) is 0 Å². The van der Waals surface area contributed by atoms with Gasteiger partial charge in [-0.1, -0.05) is 19.1 Å². The quantitative estimate of drug-likeness (QED) is 0.782. The van der Waals surface area contributed by atoms with Crippen molar-refractivity contribution in [2.75, 3.05) is 33.7 Å². The first-order valence-electron chi connectivity index (χ1n) is 6.76. The summed E-state index contributed by atoms with van der Waals surface area (Å²) >= 11 is 0. The summed E-state index contributed by atoms with van der Waals surface area (Å²) < 4.78 is 26.6. The van der Waals surface area contributed by atoms with Crippen LogP contribution >= 0.6 is 0 Å². The highest BCUT2D eigenvalue weighted by Gasteiger charge is 2.22. The van der Waals surface area contributed by atoms with Crippen molar-refractivity contribution in [3.05, 3.63) is 29.8 Å². The molecule has 1 aromatic rings. The van der Waals surface area contributed by atoms with Gasteiger partial charge in [0, 0.05) is 13.1 Å². The second-order valence-electron chi connectivity index (χ2n) is 4.96. The third-order valence-corrected chi connectivity index (χ3v) is 5.05. The van der Waals surface area contributed by atoms with E-state index in [1.54, 1.807) is 18.2 Å². The van der Waals surface area contributed by atoms with Crippen LogP contribution in [-0.4, -0.2) is 56.5 Å². The summed E-state index contributed by atoms with van der Waals surface area (Å²) in [5.74, 6) is 0. The predicted molar refractivity (Wildman–Crippen MR) is 80.0 cm³/mol. The zero-order valence-corrected chi connectivity index (χ0v) is 13.2. The smallest absolute Gasteiger partial charge is 0.243 e. The average Bonchev–Trinajstić information content (AvgIpc) is 2.43. The Morgan fingerprint density at radius 1 is 1.20 bits per heavy atom. The van der Waals surface area contributed by atoms with Crippen LogP contribution < -0.4 is 0 Å². The molecule has 0 aliphatic carbocycles. The molecule has 0 fully saturated rings. The molecule has 0 amide bonds. The topological polar surface area (TPSA) is 60.9 Å². The van der Waals surface area contributed by atoms with Crippen LogP contribution in [0, 0.1) is 0 Å². The Morgan fingerprint density at radius 2 is 1.90 bits per heavy atom. The maximum absolute atomic E-state index is 12.5. The van der Waals surface area contributed by atoms with Gasteiger partial charge in [-0.05, 0) is 44.8 Å². The number of nitrogens with zero attached hydrogens (tertiary/aromatic N) is 2. The first-order valence-corrected chi connectivity index (χ1v) is 8.20.